The van der Waals surface area contributed by atoms with Crippen LogP contribution in [0.2, 0.25) is 0 Å². The fourth-order valence-corrected chi connectivity index (χ4v) is 2.80. The minimum atomic E-state index is 0.268. The summed E-state index contributed by atoms with van der Waals surface area (Å²) in [6.07, 6.45) is 4.11. The van der Waals surface area contributed by atoms with Crippen molar-refractivity contribution in [3.8, 4) is 0 Å². The second kappa shape index (κ2) is 4.90. The van der Waals surface area contributed by atoms with Crippen LogP contribution in [0.15, 0.2) is 10.8 Å². The first kappa shape index (κ1) is 10.8. The third-order valence-electron chi connectivity index (χ3n) is 2.87. The van der Waals surface area contributed by atoms with Crippen molar-refractivity contribution in [3.05, 3.63) is 21.9 Å². The van der Waals surface area contributed by atoms with Gasteiger partial charge in [-0.25, -0.2) is 0 Å². The van der Waals surface area contributed by atoms with Crippen LogP contribution in [-0.4, -0.2) is 18.5 Å². The van der Waals surface area contributed by atoms with E-state index in [-0.39, 0.29) is 5.78 Å². The fourth-order valence-electron chi connectivity index (χ4n) is 1.94. The van der Waals surface area contributed by atoms with Crippen molar-refractivity contribution < 1.29 is 9.53 Å². The van der Waals surface area contributed by atoms with Gasteiger partial charge in [-0.1, -0.05) is 0 Å². The molecular weight excluding hydrogens is 208 g/mol. The molecule has 0 N–H and O–H groups in total. The maximum atomic E-state index is 11.8. The van der Waals surface area contributed by atoms with Gasteiger partial charge in [-0.3, -0.25) is 4.79 Å². The summed E-state index contributed by atoms with van der Waals surface area (Å²) in [5, 5.41) is 3.98. The number of thiophene rings is 1. The molecule has 0 aromatic carbocycles. The van der Waals surface area contributed by atoms with Gasteiger partial charge in [-0.05, 0) is 37.1 Å². The van der Waals surface area contributed by atoms with E-state index in [0.717, 1.165) is 37.0 Å². The van der Waals surface area contributed by atoms with Crippen LogP contribution in [0.4, 0.5) is 0 Å². The highest BCUT2D eigenvalue weighted by Gasteiger charge is 2.18. The Labute approximate surface area is 94.3 Å². The Hall–Kier alpha value is -0.670. The number of carbonyl (C=O) groups excluding carboxylic acids is 1. The average Bonchev–Trinajstić information content (AvgIpc) is 2.84. The number of Topliss-reactive ketones (excluding diaryl/α,β-unsaturated/α-hetero) is 1. The first-order chi connectivity index (χ1) is 7.27. The monoisotopic (exact) mass is 224 g/mol. The number of rotatable bonds is 4. The van der Waals surface area contributed by atoms with Crippen LogP contribution in [0.5, 0.6) is 0 Å². The first-order valence-electron chi connectivity index (χ1n) is 5.45. The molecule has 0 amide bonds. The molecule has 2 nitrogen and oxygen atoms in total. The van der Waals surface area contributed by atoms with Crippen molar-refractivity contribution in [2.75, 3.05) is 6.61 Å². The van der Waals surface area contributed by atoms with E-state index in [9.17, 15) is 4.79 Å². The van der Waals surface area contributed by atoms with E-state index in [1.54, 1.807) is 11.3 Å². The molecule has 1 fully saturated rings. The molecular formula is C12H16O2S. The molecule has 0 radical (unpaired) electrons. The van der Waals surface area contributed by atoms with Crippen molar-refractivity contribution >= 4 is 17.1 Å². The third kappa shape index (κ3) is 2.67. The van der Waals surface area contributed by atoms with E-state index in [2.05, 4.69) is 0 Å². The molecule has 0 aliphatic carbocycles. The van der Waals surface area contributed by atoms with Crippen LogP contribution in [0.3, 0.4) is 0 Å². The Kier molecular flexibility index (Phi) is 3.54. The summed E-state index contributed by atoms with van der Waals surface area (Å²) < 4.78 is 5.50. The minimum absolute atomic E-state index is 0.268. The van der Waals surface area contributed by atoms with E-state index in [4.69, 9.17) is 4.74 Å². The van der Waals surface area contributed by atoms with Gasteiger partial charge in [0.25, 0.3) is 0 Å². The van der Waals surface area contributed by atoms with Gasteiger partial charge in [-0.15, -0.1) is 0 Å². The molecule has 1 aliphatic heterocycles. The van der Waals surface area contributed by atoms with Gasteiger partial charge < -0.3 is 4.74 Å². The standard InChI is InChI=1S/C12H16O2S/c1-9-7-15-8-11(9)12(13)5-4-10-3-2-6-14-10/h7-8,10H,2-6H2,1H3. The second-order valence-corrected chi connectivity index (χ2v) is 4.81. The minimum Gasteiger partial charge on any atom is -0.378 e. The van der Waals surface area contributed by atoms with Crippen LogP contribution in [0, 0.1) is 6.92 Å². The second-order valence-electron chi connectivity index (χ2n) is 4.07. The molecule has 0 saturated carbocycles. The molecule has 0 bridgehead atoms. The highest BCUT2D eigenvalue weighted by Crippen LogP contribution is 2.20. The Balaban J connectivity index is 1.84. The summed E-state index contributed by atoms with van der Waals surface area (Å²) in [5.41, 5.74) is 2.01. The normalized spacial score (nSPS) is 20.7. The Morgan fingerprint density at radius 3 is 3.07 bits per heavy atom. The maximum Gasteiger partial charge on any atom is 0.164 e. The zero-order valence-electron chi connectivity index (χ0n) is 8.99. The zero-order chi connectivity index (χ0) is 10.7. The quantitative estimate of drug-likeness (QED) is 0.734. The summed E-state index contributed by atoms with van der Waals surface area (Å²) in [5.74, 6) is 0.268. The number of hydrogen-bond acceptors (Lipinski definition) is 3. The first-order valence-corrected chi connectivity index (χ1v) is 6.39. The van der Waals surface area contributed by atoms with Gasteiger partial charge in [0.1, 0.15) is 0 Å². The molecule has 2 rings (SSSR count). The van der Waals surface area contributed by atoms with Gasteiger partial charge >= 0.3 is 0 Å². The van der Waals surface area contributed by atoms with Crippen molar-refractivity contribution in [2.24, 2.45) is 0 Å². The van der Waals surface area contributed by atoms with Gasteiger partial charge in [0.05, 0.1) is 6.10 Å². The molecule has 15 heavy (non-hydrogen) atoms. The summed E-state index contributed by atoms with van der Waals surface area (Å²) in [6.45, 7) is 2.87. The maximum absolute atomic E-state index is 11.8. The van der Waals surface area contributed by atoms with Crippen molar-refractivity contribution in [2.45, 2.75) is 38.7 Å². The van der Waals surface area contributed by atoms with E-state index in [1.165, 1.54) is 0 Å². The molecule has 82 valence electrons. The zero-order valence-corrected chi connectivity index (χ0v) is 9.81. The average molecular weight is 224 g/mol. The summed E-state index contributed by atoms with van der Waals surface area (Å²) >= 11 is 1.60. The molecule has 1 aliphatic rings. The largest absolute Gasteiger partial charge is 0.378 e. The number of carbonyl (C=O) groups is 1. The number of hydrogen-bond donors (Lipinski definition) is 0. The Bertz CT molecular complexity index is 337. The number of ether oxygens (including phenoxy) is 1. The molecule has 1 unspecified atom stereocenters. The van der Waals surface area contributed by atoms with Crippen LogP contribution in [0.1, 0.15) is 41.6 Å². The molecule has 1 aromatic rings. The predicted molar refractivity (Wildman–Crippen MR) is 61.6 cm³/mol. The van der Waals surface area contributed by atoms with Crippen molar-refractivity contribution in [1.29, 1.82) is 0 Å². The molecule has 0 spiro atoms. The van der Waals surface area contributed by atoms with Gasteiger partial charge in [-0.2, -0.15) is 11.3 Å². The van der Waals surface area contributed by atoms with E-state index in [0.29, 0.717) is 12.5 Å². The van der Waals surface area contributed by atoms with Crippen LogP contribution < -0.4 is 0 Å². The summed E-state index contributed by atoms with van der Waals surface area (Å²) in [6, 6.07) is 0. The predicted octanol–water partition coefficient (Wildman–Crippen LogP) is 3.20. The SMILES string of the molecule is Cc1cscc1C(=O)CCC1CCCO1. The summed E-state index contributed by atoms with van der Waals surface area (Å²) in [7, 11) is 0. The number of ketones is 1. The molecule has 1 saturated heterocycles. The molecule has 1 atom stereocenters. The fraction of sp³-hybridized carbons (Fsp3) is 0.583. The lowest BCUT2D eigenvalue weighted by molar-refractivity contribution is 0.0859. The lowest BCUT2D eigenvalue weighted by Gasteiger charge is -2.07. The topological polar surface area (TPSA) is 26.3 Å². The Morgan fingerprint density at radius 2 is 2.47 bits per heavy atom. The summed E-state index contributed by atoms with van der Waals surface area (Å²) in [4.78, 5) is 11.8. The van der Waals surface area contributed by atoms with Gasteiger partial charge in [0, 0.05) is 24.0 Å². The highest BCUT2D eigenvalue weighted by atomic mass is 32.1. The van der Waals surface area contributed by atoms with Crippen molar-refractivity contribution in [1.82, 2.24) is 0 Å². The van der Waals surface area contributed by atoms with Crippen molar-refractivity contribution in [3.63, 3.8) is 0 Å². The lowest BCUT2D eigenvalue weighted by Crippen LogP contribution is -2.08. The van der Waals surface area contributed by atoms with E-state index < -0.39 is 0 Å². The number of aryl methyl sites for hydroxylation is 1. The van der Waals surface area contributed by atoms with Gasteiger partial charge in [0.15, 0.2) is 5.78 Å². The van der Waals surface area contributed by atoms with Crippen LogP contribution >= 0.6 is 11.3 Å². The molecule has 2 heterocycles. The van der Waals surface area contributed by atoms with E-state index in [1.807, 2.05) is 17.7 Å². The van der Waals surface area contributed by atoms with E-state index >= 15 is 0 Å². The Morgan fingerprint density at radius 1 is 1.60 bits per heavy atom. The highest BCUT2D eigenvalue weighted by molar-refractivity contribution is 7.08. The molecule has 3 heteroatoms. The smallest absolute Gasteiger partial charge is 0.164 e. The lowest BCUT2D eigenvalue weighted by atomic mass is 10.0. The van der Waals surface area contributed by atoms with Crippen LogP contribution in [-0.2, 0) is 4.74 Å². The van der Waals surface area contributed by atoms with Gasteiger partial charge in [0.2, 0.25) is 0 Å². The third-order valence-corrected chi connectivity index (χ3v) is 3.73. The van der Waals surface area contributed by atoms with Crippen LogP contribution in [0.25, 0.3) is 0 Å². The molecule has 1 aromatic heterocycles.